The van der Waals surface area contributed by atoms with Gasteiger partial charge < -0.3 is 10.3 Å². The first-order valence-corrected chi connectivity index (χ1v) is 4.68. The molecule has 0 amide bonds. The smallest absolute Gasteiger partial charge is 0.123 e. The van der Waals surface area contributed by atoms with Crippen LogP contribution in [0.15, 0.2) is 30.6 Å². The van der Waals surface area contributed by atoms with Crippen LogP contribution < -0.4 is 5.73 Å². The molecular weight excluding hydrogens is 193 g/mol. The van der Waals surface area contributed by atoms with Gasteiger partial charge in [-0.05, 0) is 12.1 Å². The van der Waals surface area contributed by atoms with Gasteiger partial charge in [0.15, 0.2) is 0 Å². The van der Waals surface area contributed by atoms with Crippen LogP contribution in [0, 0.1) is 5.82 Å². The van der Waals surface area contributed by atoms with Crippen molar-refractivity contribution >= 4 is 0 Å². The lowest BCUT2D eigenvalue weighted by Crippen LogP contribution is -2.04. The molecule has 2 aromatic rings. The molecule has 15 heavy (non-hydrogen) atoms. The predicted molar refractivity (Wildman–Crippen MR) is 56.5 cm³/mol. The summed E-state index contributed by atoms with van der Waals surface area (Å²) in [6, 6.07) is 6.36. The molecular formula is C11H12FN3. The third kappa shape index (κ3) is 1.76. The lowest BCUT2D eigenvalue weighted by molar-refractivity contribution is 0.628. The molecule has 0 saturated heterocycles. The predicted octanol–water partition coefficient (Wildman–Crippen LogP) is 1.68. The van der Waals surface area contributed by atoms with Gasteiger partial charge in [0.1, 0.15) is 5.82 Å². The molecule has 0 fully saturated rings. The van der Waals surface area contributed by atoms with Gasteiger partial charge in [-0.25, -0.2) is 9.37 Å². The zero-order valence-electron chi connectivity index (χ0n) is 8.44. The monoisotopic (exact) mass is 205 g/mol. The Kier molecular flexibility index (Phi) is 2.51. The highest BCUT2D eigenvalue weighted by atomic mass is 19.1. The number of benzene rings is 1. The molecule has 0 atom stereocenters. The summed E-state index contributed by atoms with van der Waals surface area (Å²) in [6.07, 6.45) is 1.68. The van der Waals surface area contributed by atoms with Gasteiger partial charge >= 0.3 is 0 Å². The molecule has 1 aromatic heterocycles. The lowest BCUT2D eigenvalue weighted by atomic mass is 10.1. The van der Waals surface area contributed by atoms with Crippen molar-refractivity contribution in [3.63, 3.8) is 0 Å². The van der Waals surface area contributed by atoms with Crippen LogP contribution in [0.25, 0.3) is 11.3 Å². The number of aryl methyl sites for hydroxylation is 1. The Balaban J connectivity index is 2.54. The molecule has 0 unspecified atom stereocenters. The van der Waals surface area contributed by atoms with Gasteiger partial charge in [0.25, 0.3) is 0 Å². The minimum absolute atomic E-state index is 0.263. The van der Waals surface area contributed by atoms with E-state index < -0.39 is 0 Å². The van der Waals surface area contributed by atoms with Crippen molar-refractivity contribution in [2.45, 2.75) is 6.54 Å². The van der Waals surface area contributed by atoms with E-state index in [-0.39, 0.29) is 5.82 Å². The molecule has 3 nitrogen and oxygen atoms in total. The van der Waals surface area contributed by atoms with Crippen molar-refractivity contribution < 1.29 is 4.39 Å². The van der Waals surface area contributed by atoms with Crippen molar-refractivity contribution in [2.24, 2.45) is 12.8 Å². The maximum absolute atomic E-state index is 13.0. The molecule has 0 saturated carbocycles. The van der Waals surface area contributed by atoms with Crippen LogP contribution in [0.4, 0.5) is 4.39 Å². The first kappa shape index (κ1) is 9.86. The van der Waals surface area contributed by atoms with Gasteiger partial charge in [-0.1, -0.05) is 12.1 Å². The van der Waals surface area contributed by atoms with Crippen LogP contribution >= 0.6 is 0 Å². The zero-order chi connectivity index (χ0) is 10.8. The second-order valence-corrected chi connectivity index (χ2v) is 3.37. The molecule has 2 rings (SSSR count). The van der Waals surface area contributed by atoms with E-state index >= 15 is 0 Å². The molecule has 0 radical (unpaired) electrons. The summed E-state index contributed by atoms with van der Waals surface area (Å²) in [6.45, 7) is 0.391. The average Bonchev–Trinajstić information content (AvgIpc) is 2.59. The Morgan fingerprint density at radius 3 is 2.93 bits per heavy atom. The second kappa shape index (κ2) is 3.82. The van der Waals surface area contributed by atoms with E-state index in [2.05, 4.69) is 4.98 Å². The van der Waals surface area contributed by atoms with Crippen molar-refractivity contribution in [1.82, 2.24) is 9.55 Å². The SMILES string of the molecule is Cn1cnc(-c2cccc(F)c2)c1CN. The van der Waals surface area contributed by atoms with E-state index in [0.717, 1.165) is 17.0 Å². The average molecular weight is 205 g/mol. The molecule has 0 aliphatic rings. The number of hydrogen-bond acceptors (Lipinski definition) is 2. The van der Waals surface area contributed by atoms with Gasteiger partial charge in [0, 0.05) is 19.2 Å². The highest BCUT2D eigenvalue weighted by molar-refractivity contribution is 5.61. The minimum atomic E-state index is -0.263. The van der Waals surface area contributed by atoms with Gasteiger partial charge in [-0.15, -0.1) is 0 Å². The number of nitrogens with zero attached hydrogens (tertiary/aromatic N) is 2. The van der Waals surface area contributed by atoms with Crippen molar-refractivity contribution in [2.75, 3.05) is 0 Å². The van der Waals surface area contributed by atoms with Crippen LogP contribution in [-0.2, 0) is 13.6 Å². The number of hydrogen-bond donors (Lipinski definition) is 1. The number of nitrogens with two attached hydrogens (primary N) is 1. The second-order valence-electron chi connectivity index (χ2n) is 3.37. The van der Waals surface area contributed by atoms with Crippen molar-refractivity contribution in [3.05, 3.63) is 42.1 Å². The number of halogens is 1. The standard InChI is InChI=1S/C11H12FN3/c1-15-7-14-11(10(15)6-13)8-3-2-4-9(12)5-8/h2-5,7H,6,13H2,1H3. The van der Waals surface area contributed by atoms with E-state index in [4.69, 9.17) is 5.73 Å². The van der Waals surface area contributed by atoms with Gasteiger partial charge in [-0.2, -0.15) is 0 Å². The molecule has 78 valence electrons. The quantitative estimate of drug-likeness (QED) is 0.810. The molecule has 0 spiro atoms. The van der Waals surface area contributed by atoms with Crippen LogP contribution in [-0.4, -0.2) is 9.55 Å². The summed E-state index contributed by atoms with van der Waals surface area (Å²) in [4.78, 5) is 4.21. The summed E-state index contributed by atoms with van der Waals surface area (Å²) in [5, 5.41) is 0. The molecule has 1 aromatic carbocycles. The lowest BCUT2D eigenvalue weighted by Gasteiger charge is -2.03. The van der Waals surface area contributed by atoms with Crippen LogP contribution in [0.1, 0.15) is 5.69 Å². The van der Waals surface area contributed by atoms with Gasteiger partial charge in [-0.3, -0.25) is 0 Å². The molecule has 1 heterocycles. The molecule has 0 aliphatic carbocycles. The van der Waals surface area contributed by atoms with Gasteiger partial charge in [0.2, 0.25) is 0 Å². The third-order valence-electron chi connectivity index (χ3n) is 2.35. The van der Waals surface area contributed by atoms with E-state index in [1.165, 1.54) is 12.1 Å². The minimum Gasteiger partial charge on any atom is -0.336 e. The number of aromatic nitrogens is 2. The third-order valence-corrected chi connectivity index (χ3v) is 2.35. The normalized spacial score (nSPS) is 10.6. The number of imidazole rings is 1. The van der Waals surface area contributed by atoms with Crippen molar-refractivity contribution in [1.29, 1.82) is 0 Å². The summed E-state index contributed by atoms with van der Waals surface area (Å²) in [5.74, 6) is -0.263. The molecule has 2 N–H and O–H groups in total. The largest absolute Gasteiger partial charge is 0.336 e. The van der Waals surface area contributed by atoms with E-state index in [1.54, 1.807) is 12.4 Å². The summed E-state index contributed by atoms with van der Waals surface area (Å²) < 4.78 is 14.9. The fraction of sp³-hybridized carbons (Fsp3) is 0.182. The maximum Gasteiger partial charge on any atom is 0.123 e. The Bertz CT molecular complexity index is 476. The van der Waals surface area contributed by atoms with Gasteiger partial charge in [0.05, 0.1) is 17.7 Å². The first-order chi connectivity index (χ1) is 7.22. The van der Waals surface area contributed by atoms with Crippen LogP contribution in [0.3, 0.4) is 0 Å². The summed E-state index contributed by atoms with van der Waals surface area (Å²) >= 11 is 0. The summed E-state index contributed by atoms with van der Waals surface area (Å²) in [7, 11) is 1.87. The molecule has 0 bridgehead atoms. The van der Waals surface area contributed by atoms with E-state index in [0.29, 0.717) is 6.54 Å². The summed E-state index contributed by atoms with van der Waals surface area (Å²) in [5.41, 5.74) is 8.03. The van der Waals surface area contributed by atoms with Crippen LogP contribution in [0.2, 0.25) is 0 Å². The molecule has 4 heteroatoms. The first-order valence-electron chi connectivity index (χ1n) is 4.68. The Hall–Kier alpha value is -1.68. The fourth-order valence-electron chi connectivity index (χ4n) is 1.57. The van der Waals surface area contributed by atoms with Crippen molar-refractivity contribution in [3.8, 4) is 11.3 Å². The van der Waals surface area contributed by atoms with E-state index in [9.17, 15) is 4.39 Å². The Labute approximate surface area is 87.4 Å². The highest BCUT2D eigenvalue weighted by Crippen LogP contribution is 2.21. The van der Waals surface area contributed by atoms with E-state index in [1.807, 2.05) is 17.7 Å². The molecule has 0 aliphatic heterocycles. The Morgan fingerprint density at radius 2 is 2.27 bits per heavy atom. The Morgan fingerprint density at radius 1 is 1.47 bits per heavy atom. The topological polar surface area (TPSA) is 43.8 Å². The van der Waals surface area contributed by atoms with Crippen LogP contribution in [0.5, 0.6) is 0 Å². The highest BCUT2D eigenvalue weighted by Gasteiger charge is 2.09. The fourth-order valence-corrected chi connectivity index (χ4v) is 1.57. The number of rotatable bonds is 2. The zero-order valence-corrected chi connectivity index (χ0v) is 8.44. The maximum atomic E-state index is 13.0.